The van der Waals surface area contributed by atoms with Gasteiger partial charge in [0.25, 0.3) is 0 Å². The van der Waals surface area contributed by atoms with E-state index in [4.69, 9.17) is 14.4 Å². The molecule has 0 aromatic heterocycles. The van der Waals surface area contributed by atoms with E-state index in [9.17, 15) is 14.7 Å². The third kappa shape index (κ3) is 3.80. The van der Waals surface area contributed by atoms with Crippen molar-refractivity contribution >= 4 is 11.9 Å². The van der Waals surface area contributed by atoms with Gasteiger partial charge in [-0.2, -0.15) is 5.06 Å². The van der Waals surface area contributed by atoms with Crippen LogP contribution in [-0.4, -0.2) is 60.7 Å². The summed E-state index contributed by atoms with van der Waals surface area (Å²) in [6, 6.07) is 17.7. The molecule has 1 N–H and O–H groups in total. The van der Waals surface area contributed by atoms with E-state index >= 15 is 0 Å². The van der Waals surface area contributed by atoms with Gasteiger partial charge in [0.1, 0.15) is 11.2 Å². The highest BCUT2D eigenvalue weighted by atomic mass is 16.8. The van der Waals surface area contributed by atoms with Gasteiger partial charge in [0, 0.05) is 24.8 Å². The average molecular weight is 523 g/mol. The Balaban J connectivity index is 1.54. The Bertz CT molecular complexity index is 1250. The minimum Gasteiger partial charge on any atom is -0.454 e. The van der Waals surface area contributed by atoms with Crippen molar-refractivity contribution in [2.45, 2.75) is 101 Å². The van der Waals surface area contributed by atoms with E-state index in [2.05, 4.69) is 0 Å². The molecule has 38 heavy (non-hydrogen) atoms. The molecular formula is C30H38N2O6. The Morgan fingerprint density at radius 1 is 0.763 bits per heavy atom. The summed E-state index contributed by atoms with van der Waals surface area (Å²) in [4.78, 5) is 39.3. The van der Waals surface area contributed by atoms with E-state index in [1.807, 2.05) is 58.7 Å². The quantitative estimate of drug-likeness (QED) is 0.569. The van der Waals surface area contributed by atoms with E-state index in [0.717, 1.165) is 0 Å². The number of fused-ring (bicyclic) bond motifs is 1. The van der Waals surface area contributed by atoms with Crippen LogP contribution >= 0.6 is 0 Å². The largest absolute Gasteiger partial charge is 0.454 e. The summed E-state index contributed by atoms with van der Waals surface area (Å²) in [6.07, 6.45) is 1.05. The molecule has 1 spiro atoms. The molecule has 0 radical (unpaired) electrons. The number of esters is 1. The lowest BCUT2D eigenvalue weighted by atomic mass is 9.74. The summed E-state index contributed by atoms with van der Waals surface area (Å²) in [7, 11) is 0. The molecule has 8 nitrogen and oxygen atoms in total. The number of hydroxylamine groups is 4. The zero-order valence-electron chi connectivity index (χ0n) is 23.3. The molecule has 5 rings (SSSR count). The fraction of sp³-hybridized carbons (Fsp3) is 0.533. The van der Waals surface area contributed by atoms with Crippen LogP contribution in [0.1, 0.15) is 88.4 Å². The molecular weight excluding hydrogens is 484 g/mol. The summed E-state index contributed by atoms with van der Waals surface area (Å²) >= 11 is 0. The molecule has 4 atom stereocenters. The zero-order valence-corrected chi connectivity index (χ0v) is 23.3. The van der Waals surface area contributed by atoms with Crippen molar-refractivity contribution in [3.8, 4) is 0 Å². The van der Waals surface area contributed by atoms with Gasteiger partial charge in [0.2, 0.25) is 5.72 Å². The molecule has 3 aliphatic heterocycles. The lowest BCUT2D eigenvalue weighted by Crippen LogP contribution is -2.61. The minimum absolute atomic E-state index is 0.237. The van der Waals surface area contributed by atoms with E-state index in [1.165, 1.54) is 5.06 Å². The van der Waals surface area contributed by atoms with Crippen molar-refractivity contribution in [1.29, 1.82) is 0 Å². The zero-order chi connectivity index (χ0) is 27.8. The van der Waals surface area contributed by atoms with Crippen LogP contribution in [0.4, 0.5) is 0 Å². The van der Waals surface area contributed by atoms with Crippen LogP contribution in [0.5, 0.6) is 0 Å². The number of carbonyl (C=O) groups excluding carboxylic acids is 2. The molecule has 3 fully saturated rings. The second kappa shape index (κ2) is 8.36. The summed E-state index contributed by atoms with van der Waals surface area (Å²) in [6.45, 7) is 13.5. The van der Waals surface area contributed by atoms with Gasteiger partial charge in [-0.25, -0.2) is 9.59 Å². The normalized spacial score (nSPS) is 35.8. The van der Waals surface area contributed by atoms with Crippen molar-refractivity contribution in [1.82, 2.24) is 10.1 Å². The molecule has 0 amide bonds. The third-order valence-corrected chi connectivity index (χ3v) is 8.74. The van der Waals surface area contributed by atoms with Crippen LogP contribution < -0.4 is 0 Å². The van der Waals surface area contributed by atoms with Crippen LogP contribution in [0, 0.1) is 0 Å². The monoisotopic (exact) mass is 522 g/mol. The van der Waals surface area contributed by atoms with Crippen molar-refractivity contribution in [3.05, 3.63) is 71.8 Å². The number of hydrogen-bond acceptors (Lipinski definition) is 8. The summed E-state index contributed by atoms with van der Waals surface area (Å²) in [5, 5.41) is 15.3. The molecule has 0 saturated carbocycles. The Labute approximate surface area is 224 Å². The topological polar surface area (TPSA) is 88.5 Å². The third-order valence-electron chi connectivity index (χ3n) is 8.74. The SMILES string of the molecule is CC1(C)CC(C)(OC(=O)c2ccccc2)C2(C)CC3(ON12)N(OC(=O)c1ccccc1)C(C)(C)CC3(C)O. The molecule has 4 unspecified atom stereocenters. The van der Waals surface area contributed by atoms with Gasteiger partial charge in [0.05, 0.1) is 22.2 Å². The molecule has 3 saturated heterocycles. The highest BCUT2D eigenvalue weighted by molar-refractivity contribution is 5.90. The molecule has 3 heterocycles. The fourth-order valence-electron chi connectivity index (χ4n) is 7.15. The standard InChI is InChI=1S/C30H38N2O6/c1-25(2)18-28(6,35)30(32(25)37-24(34)22-16-12-9-13-17-22)20-27(5)29(7,19-26(3,4)31(27)38-30)36-23(33)21-14-10-8-11-15-21/h8-17,35H,18-20H2,1-7H3. The fourth-order valence-corrected chi connectivity index (χ4v) is 7.15. The summed E-state index contributed by atoms with van der Waals surface area (Å²) in [5.74, 6) is -0.951. The number of benzene rings is 2. The first-order valence-corrected chi connectivity index (χ1v) is 13.2. The number of aliphatic hydroxyl groups is 1. The number of carbonyl (C=O) groups is 2. The molecule has 0 aliphatic carbocycles. The highest BCUT2D eigenvalue weighted by Crippen LogP contribution is 2.64. The van der Waals surface area contributed by atoms with E-state index in [0.29, 0.717) is 24.0 Å². The summed E-state index contributed by atoms with van der Waals surface area (Å²) < 4.78 is 6.28. The molecule has 8 heteroatoms. The molecule has 0 bridgehead atoms. The highest BCUT2D eigenvalue weighted by Gasteiger charge is 2.79. The second-order valence-corrected chi connectivity index (χ2v) is 12.9. The molecule has 3 aliphatic rings. The number of rotatable bonds is 4. The first-order valence-electron chi connectivity index (χ1n) is 13.2. The minimum atomic E-state index is -1.41. The van der Waals surface area contributed by atoms with Gasteiger partial charge >= 0.3 is 11.9 Å². The predicted molar refractivity (Wildman–Crippen MR) is 141 cm³/mol. The van der Waals surface area contributed by atoms with Crippen molar-refractivity contribution in [2.75, 3.05) is 0 Å². The Hall–Kier alpha value is -2.78. The Morgan fingerprint density at radius 3 is 1.84 bits per heavy atom. The second-order valence-electron chi connectivity index (χ2n) is 12.9. The average Bonchev–Trinajstić information content (AvgIpc) is 3.30. The first-order chi connectivity index (χ1) is 17.6. The Kier molecular flexibility index (Phi) is 5.90. The Morgan fingerprint density at radius 2 is 1.29 bits per heavy atom. The maximum Gasteiger partial charge on any atom is 0.357 e. The van der Waals surface area contributed by atoms with E-state index in [-0.39, 0.29) is 6.42 Å². The molecule has 204 valence electrons. The summed E-state index contributed by atoms with van der Waals surface area (Å²) in [5.41, 5.74) is -5.04. The van der Waals surface area contributed by atoms with E-state index < -0.39 is 45.5 Å². The van der Waals surface area contributed by atoms with Crippen LogP contribution in [0.25, 0.3) is 0 Å². The van der Waals surface area contributed by atoms with Crippen molar-refractivity contribution < 1.29 is 29.1 Å². The molecule has 2 aromatic rings. The van der Waals surface area contributed by atoms with Crippen LogP contribution in [0.2, 0.25) is 0 Å². The number of hydrogen-bond donors (Lipinski definition) is 1. The van der Waals surface area contributed by atoms with Crippen LogP contribution in [0.15, 0.2) is 60.7 Å². The lowest BCUT2D eigenvalue weighted by molar-refractivity contribution is -0.372. The van der Waals surface area contributed by atoms with Gasteiger partial charge in [0.15, 0.2) is 0 Å². The number of ether oxygens (including phenoxy) is 1. The van der Waals surface area contributed by atoms with Gasteiger partial charge in [-0.3, -0.25) is 4.84 Å². The first kappa shape index (κ1) is 26.8. The smallest absolute Gasteiger partial charge is 0.357 e. The van der Waals surface area contributed by atoms with Crippen LogP contribution in [-0.2, 0) is 14.4 Å². The lowest BCUT2D eigenvalue weighted by Gasteiger charge is -2.44. The maximum atomic E-state index is 13.2. The van der Waals surface area contributed by atoms with Crippen molar-refractivity contribution in [2.24, 2.45) is 0 Å². The van der Waals surface area contributed by atoms with Gasteiger partial charge in [-0.15, -0.1) is 0 Å². The van der Waals surface area contributed by atoms with Gasteiger partial charge in [-0.05, 0) is 72.7 Å². The van der Waals surface area contributed by atoms with Gasteiger partial charge < -0.3 is 14.7 Å². The maximum absolute atomic E-state index is 13.2. The van der Waals surface area contributed by atoms with E-state index in [1.54, 1.807) is 55.5 Å². The van der Waals surface area contributed by atoms with Gasteiger partial charge in [-0.1, -0.05) is 41.5 Å². The van der Waals surface area contributed by atoms with Crippen molar-refractivity contribution in [3.63, 3.8) is 0 Å². The van der Waals surface area contributed by atoms with Crippen LogP contribution in [0.3, 0.4) is 0 Å². The number of nitrogens with zero attached hydrogens (tertiary/aromatic N) is 2. The molecule has 2 aromatic carbocycles. The predicted octanol–water partition coefficient (Wildman–Crippen LogP) is 4.88.